The minimum atomic E-state index is -0.940. The second-order valence-corrected chi connectivity index (χ2v) is 4.92. The fourth-order valence-electron chi connectivity index (χ4n) is 2.05. The maximum Gasteiger partial charge on any atom is 0.187 e. The summed E-state index contributed by atoms with van der Waals surface area (Å²) in [6.45, 7) is 4.33. The van der Waals surface area contributed by atoms with Crippen LogP contribution in [-0.2, 0) is 6.54 Å². The Morgan fingerprint density at radius 1 is 1.15 bits per heavy atom. The molecule has 0 aliphatic carbocycles. The molecule has 20 heavy (non-hydrogen) atoms. The average molecular weight is 277 g/mol. The molecule has 2 aromatic rings. The van der Waals surface area contributed by atoms with E-state index in [2.05, 4.69) is 11.4 Å². The summed E-state index contributed by atoms with van der Waals surface area (Å²) in [6.07, 6.45) is 0. The zero-order valence-electron chi connectivity index (χ0n) is 11.5. The molecule has 2 N–H and O–H groups in total. The van der Waals surface area contributed by atoms with Gasteiger partial charge in [-0.2, -0.15) is 0 Å². The van der Waals surface area contributed by atoms with Gasteiger partial charge in [-0.1, -0.05) is 29.8 Å². The highest BCUT2D eigenvalue weighted by Crippen LogP contribution is 2.22. The molecule has 0 saturated heterocycles. The molecule has 0 saturated carbocycles. The number of hydrogen-bond acceptors (Lipinski definition) is 2. The van der Waals surface area contributed by atoms with Crippen molar-refractivity contribution < 1.29 is 13.9 Å². The summed E-state index contributed by atoms with van der Waals surface area (Å²) in [5.41, 5.74) is 2.74. The van der Waals surface area contributed by atoms with E-state index < -0.39 is 17.4 Å². The lowest BCUT2D eigenvalue weighted by Crippen LogP contribution is -2.18. The van der Waals surface area contributed by atoms with Crippen LogP contribution in [0.15, 0.2) is 36.4 Å². The second-order valence-electron chi connectivity index (χ2n) is 4.92. The standard InChI is InChI=1S/C16H17F2NO/c1-10-4-3-5-13(6-10)11(2)19-9-12-7-14(17)16(20)15(18)8-12/h3-8,11,19-20H,9H2,1-2H3/t11-/m1/s1. The molecule has 0 radical (unpaired) electrons. The first-order valence-corrected chi connectivity index (χ1v) is 6.44. The molecule has 2 rings (SSSR count). The van der Waals surface area contributed by atoms with Gasteiger partial charge < -0.3 is 10.4 Å². The SMILES string of the molecule is Cc1cccc([C@@H](C)NCc2cc(F)c(O)c(F)c2)c1. The summed E-state index contributed by atoms with van der Waals surface area (Å²) in [6, 6.07) is 10.4. The van der Waals surface area contributed by atoms with E-state index in [4.69, 9.17) is 5.11 Å². The number of aryl methyl sites for hydroxylation is 1. The Balaban J connectivity index is 2.05. The maximum atomic E-state index is 13.2. The quantitative estimate of drug-likeness (QED) is 0.890. The first-order valence-electron chi connectivity index (χ1n) is 6.44. The number of benzene rings is 2. The fourth-order valence-corrected chi connectivity index (χ4v) is 2.05. The molecule has 0 aliphatic rings. The van der Waals surface area contributed by atoms with Crippen molar-refractivity contribution in [2.75, 3.05) is 0 Å². The smallest absolute Gasteiger partial charge is 0.187 e. The van der Waals surface area contributed by atoms with E-state index in [0.29, 0.717) is 12.1 Å². The van der Waals surface area contributed by atoms with E-state index in [1.165, 1.54) is 0 Å². The fraction of sp³-hybridized carbons (Fsp3) is 0.250. The average Bonchev–Trinajstić information content (AvgIpc) is 2.42. The van der Waals surface area contributed by atoms with E-state index in [1.807, 2.05) is 32.0 Å². The summed E-state index contributed by atoms with van der Waals surface area (Å²) in [5.74, 6) is -2.81. The summed E-state index contributed by atoms with van der Waals surface area (Å²) < 4.78 is 26.4. The van der Waals surface area contributed by atoms with E-state index in [9.17, 15) is 8.78 Å². The minimum Gasteiger partial charge on any atom is -0.503 e. The Hall–Kier alpha value is -1.94. The van der Waals surface area contributed by atoms with Gasteiger partial charge in [0.15, 0.2) is 17.4 Å². The molecule has 0 heterocycles. The Labute approximate surface area is 117 Å². The van der Waals surface area contributed by atoms with Crippen molar-refractivity contribution in [2.24, 2.45) is 0 Å². The van der Waals surface area contributed by atoms with Crippen LogP contribution in [0, 0.1) is 18.6 Å². The van der Waals surface area contributed by atoms with Crippen molar-refractivity contribution in [3.63, 3.8) is 0 Å². The van der Waals surface area contributed by atoms with Gasteiger partial charge in [-0.15, -0.1) is 0 Å². The Morgan fingerprint density at radius 3 is 2.40 bits per heavy atom. The molecular weight excluding hydrogens is 260 g/mol. The van der Waals surface area contributed by atoms with Gasteiger partial charge in [0.05, 0.1) is 0 Å². The van der Waals surface area contributed by atoms with Crippen LogP contribution < -0.4 is 5.32 Å². The molecule has 0 spiro atoms. The zero-order valence-corrected chi connectivity index (χ0v) is 11.5. The van der Waals surface area contributed by atoms with Crippen LogP contribution in [0.2, 0.25) is 0 Å². The minimum absolute atomic E-state index is 0.0647. The van der Waals surface area contributed by atoms with Gasteiger partial charge in [0.25, 0.3) is 0 Å². The van der Waals surface area contributed by atoms with Gasteiger partial charge in [-0.25, -0.2) is 8.78 Å². The van der Waals surface area contributed by atoms with Crippen molar-refractivity contribution >= 4 is 0 Å². The summed E-state index contributed by atoms with van der Waals surface area (Å²) >= 11 is 0. The topological polar surface area (TPSA) is 32.3 Å². The van der Waals surface area contributed by atoms with Crippen molar-refractivity contribution in [2.45, 2.75) is 26.4 Å². The number of hydrogen-bond donors (Lipinski definition) is 2. The number of rotatable bonds is 4. The lowest BCUT2D eigenvalue weighted by Gasteiger charge is -2.15. The summed E-state index contributed by atoms with van der Waals surface area (Å²) in [7, 11) is 0. The first kappa shape index (κ1) is 14.5. The summed E-state index contributed by atoms with van der Waals surface area (Å²) in [4.78, 5) is 0. The van der Waals surface area contributed by atoms with Crippen LogP contribution in [0.4, 0.5) is 8.78 Å². The van der Waals surface area contributed by atoms with Gasteiger partial charge in [-0.05, 0) is 37.1 Å². The molecule has 0 bridgehead atoms. The number of phenolic OH excluding ortho intramolecular Hbond substituents is 1. The zero-order chi connectivity index (χ0) is 14.7. The van der Waals surface area contributed by atoms with Crippen molar-refractivity contribution in [3.8, 4) is 5.75 Å². The molecule has 2 aromatic carbocycles. The highest BCUT2D eigenvalue weighted by molar-refractivity contribution is 5.30. The van der Waals surface area contributed by atoms with Crippen LogP contribution in [0.5, 0.6) is 5.75 Å². The molecule has 0 amide bonds. The van der Waals surface area contributed by atoms with Gasteiger partial charge in [0.2, 0.25) is 0 Å². The molecular formula is C16H17F2NO. The van der Waals surface area contributed by atoms with Crippen molar-refractivity contribution in [1.82, 2.24) is 5.32 Å². The largest absolute Gasteiger partial charge is 0.503 e. The van der Waals surface area contributed by atoms with Gasteiger partial charge in [-0.3, -0.25) is 0 Å². The van der Waals surface area contributed by atoms with Crippen molar-refractivity contribution in [1.29, 1.82) is 0 Å². The molecule has 106 valence electrons. The molecule has 4 heteroatoms. The van der Waals surface area contributed by atoms with Crippen LogP contribution in [-0.4, -0.2) is 5.11 Å². The second kappa shape index (κ2) is 6.01. The lowest BCUT2D eigenvalue weighted by atomic mass is 10.1. The molecule has 0 aromatic heterocycles. The molecule has 0 aliphatic heterocycles. The van der Waals surface area contributed by atoms with Crippen LogP contribution in [0.1, 0.15) is 29.7 Å². The predicted octanol–water partition coefficient (Wildman–Crippen LogP) is 3.83. The lowest BCUT2D eigenvalue weighted by molar-refractivity contribution is 0.394. The van der Waals surface area contributed by atoms with Gasteiger partial charge >= 0.3 is 0 Å². The Morgan fingerprint density at radius 2 is 1.80 bits per heavy atom. The third-order valence-corrected chi connectivity index (χ3v) is 3.23. The number of aromatic hydroxyl groups is 1. The highest BCUT2D eigenvalue weighted by Gasteiger charge is 2.10. The van der Waals surface area contributed by atoms with E-state index in [-0.39, 0.29) is 6.04 Å². The molecule has 2 nitrogen and oxygen atoms in total. The third-order valence-electron chi connectivity index (χ3n) is 3.23. The monoisotopic (exact) mass is 277 g/mol. The predicted molar refractivity (Wildman–Crippen MR) is 74.5 cm³/mol. The number of phenols is 1. The van der Waals surface area contributed by atoms with Gasteiger partial charge in [0, 0.05) is 12.6 Å². The molecule has 0 unspecified atom stereocenters. The Kier molecular flexibility index (Phi) is 4.35. The Bertz CT molecular complexity index is 590. The van der Waals surface area contributed by atoms with Crippen molar-refractivity contribution in [3.05, 3.63) is 64.7 Å². The number of halogens is 2. The molecule has 0 fully saturated rings. The van der Waals surface area contributed by atoms with E-state index in [0.717, 1.165) is 23.3 Å². The summed E-state index contributed by atoms with van der Waals surface area (Å²) in [5, 5.41) is 12.2. The van der Waals surface area contributed by atoms with Crippen LogP contribution >= 0.6 is 0 Å². The van der Waals surface area contributed by atoms with Crippen LogP contribution in [0.3, 0.4) is 0 Å². The highest BCUT2D eigenvalue weighted by atomic mass is 19.1. The van der Waals surface area contributed by atoms with E-state index >= 15 is 0 Å². The normalized spacial score (nSPS) is 12.4. The van der Waals surface area contributed by atoms with E-state index in [1.54, 1.807) is 0 Å². The maximum absolute atomic E-state index is 13.2. The van der Waals surface area contributed by atoms with Gasteiger partial charge in [0.1, 0.15) is 0 Å². The molecule has 1 atom stereocenters. The first-order chi connectivity index (χ1) is 9.47. The van der Waals surface area contributed by atoms with Crippen LogP contribution in [0.25, 0.3) is 0 Å². The third kappa shape index (κ3) is 3.33. The number of nitrogens with one attached hydrogen (secondary N) is 1.